The molecule has 2 aromatic rings. The quantitative estimate of drug-likeness (QED) is 0.547. The van der Waals surface area contributed by atoms with Crippen LogP contribution in [0.1, 0.15) is 25.0 Å². The standard InChI is InChI=1S/C22H28N4O3/c1-5-26(14-21(29)25-22-15(2)7-6-8-16(22)3)13-20(28)24-19-11-9-18(10-12-19)23-17(4)27/h6-12H,5,13-14H2,1-4H3,(H,23,27)(H,24,28)(H,25,29)/p+1. The Morgan fingerprint density at radius 3 is 1.76 bits per heavy atom. The molecule has 2 rings (SSSR count). The van der Waals surface area contributed by atoms with E-state index in [0.717, 1.165) is 21.7 Å². The van der Waals surface area contributed by atoms with Gasteiger partial charge in [-0.2, -0.15) is 0 Å². The zero-order chi connectivity index (χ0) is 21.4. The summed E-state index contributed by atoms with van der Waals surface area (Å²) in [6.45, 7) is 8.33. The van der Waals surface area contributed by atoms with E-state index in [1.807, 2.05) is 39.0 Å². The maximum atomic E-state index is 12.5. The molecule has 7 nitrogen and oxygen atoms in total. The fourth-order valence-corrected chi connectivity index (χ4v) is 3.01. The highest BCUT2D eigenvalue weighted by atomic mass is 16.2. The summed E-state index contributed by atoms with van der Waals surface area (Å²) in [5, 5.41) is 8.46. The van der Waals surface area contributed by atoms with E-state index in [1.165, 1.54) is 6.92 Å². The van der Waals surface area contributed by atoms with Crippen LogP contribution in [0.5, 0.6) is 0 Å². The maximum absolute atomic E-state index is 12.5. The number of hydrogen-bond acceptors (Lipinski definition) is 3. The van der Waals surface area contributed by atoms with E-state index < -0.39 is 0 Å². The Kier molecular flexibility index (Phi) is 7.91. The van der Waals surface area contributed by atoms with Gasteiger partial charge in [0.1, 0.15) is 0 Å². The van der Waals surface area contributed by atoms with Crippen molar-refractivity contribution in [3.63, 3.8) is 0 Å². The Labute approximate surface area is 171 Å². The summed E-state index contributed by atoms with van der Waals surface area (Å²) in [5.74, 6) is -0.441. The highest BCUT2D eigenvalue weighted by Gasteiger charge is 2.18. The third-order valence-electron chi connectivity index (χ3n) is 4.56. The molecule has 0 aromatic heterocycles. The zero-order valence-electron chi connectivity index (χ0n) is 17.4. The molecule has 3 amide bonds. The van der Waals surface area contributed by atoms with Gasteiger partial charge in [0, 0.05) is 24.0 Å². The number of nitrogens with one attached hydrogen (secondary N) is 4. The maximum Gasteiger partial charge on any atom is 0.279 e. The van der Waals surface area contributed by atoms with Crippen LogP contribution in [0.15, 0.2) is 42.5 Å². The van der Waals surface area contributed by atoms with Crippen molar-refractivity contribution in [3.05, 3.63) is 53.6 Å². The van der Waals surface area contributed by atoms with Crippen molar-refractivity contribution >= 4 is 34.8 Å². The number of rotatable bonds is 8. The minimum Gasteiger partial charge on any atom is -0.326 e. The summed E-state index contributed by atoms with van der Waals surface area (Å²) in [6.07, 6.45) is 0. The summed E-state index contributed by atoms with van der Waals surface area (Å²) in [4.78, 5) is 36.7. The second kappa shape index (κ2) is 10.4. The Balaban J connectivity index is 1.89. The van der Waals surface area contributed by atoms with Crippen LogP contribution in [0, 0.1) is 13.8 Å². The van der Waals surface area contributed by atoms with Crippen LogP contribution in [0.3, 0.4) is 0 Å². The Morgan fingerprint density at radius 1 is 0.793 bits per heavy atom. The summed E-state index contributed by atoms with van der Waals surface area (Å²) < 4.78 is 0. The Bertz CT molecular complexity index is 858. The van der Waals surface area contributed by atoms with E-state index in [0.29, 0.717) is 17.9 Å². The van der Waals surface area contributed by atoms with Gasteiger partial charge < -0.3 is 20.9 Å². The van der Waals surface area contributed by atoms with Crippen LogP contribution in [-0.2, 0) is 14.4 Å². The molecular weight excluding hydrogens is 368 g/mol. The van der Waals surface area contributed by atoms with E-state index in [2.05, 4.69) is 16.0 Å². The first-order valence-electron chi connectivity index (χ1n) is 9.65. The lowest BCUT2D eigenvalue weighted by molar-refractivity contribution is -0.881. The number of aryl methyl sites for hydroxylation is 2. The molecule has 0 saturated carbocycles. The lowest BCUT2D eigenvalue weighted by Gasteiger charge is -2.18. The third kappa shape index (κ3) is 7.04. The monoisotopic (exact) mass is 397 g/mol. The fourth-order valence-electron chi connectivity index (χ4n) is 3.01. The predicted octanol–water partition coefficient (Wildman–Crippen LogP) is 1.74. The number of carbonyl (C=O) groups excluding carboxylic acids is 3. The molecule has 0 bridgehead atoms. The second-order valence-electron chi connectivity index (χ2n) is 7.08. The van der Waals surface area contributed by atoms with Gasteiger partial charge in [-0.1, -0.05) is 18.2 Å². The summed E-state index contributed by atoms with van der Waals surface area (Å²) in [7, 11) is 0. The molecule has 1 atom stereocenters. The van der Waals surface area contributed by atoms with Gasteiger partial charge in [-0.3, -0.25) is 14.4 Å². The first kappa shape index (κ1) is 22.1. The number of quaternary nitrogens is 1. The minimum atomic E-state index is -0.172. The van der Waals surface area contributed by atoms with Crippen molar-refractivity contribution in [2.75, 3.05) is 35.6 Å². The fraction of sp³-hybridized carbons (Fsp3) is 0.318. The van der Waals surface area contributed by atoms with Gasteiger partial charge >= 0.3 is 0 Å². The van der Waals surface area contributed by atoms with Crippen LogP contribution in [-0.4, -0.2) is 37.4 Å². The zero-order valence-corrected chi connectivity index (χ0v) is 17.4. The number of para-hydroxylation sites is 1. The van der Waals surface area contributed by atoms with Gasteiger partial charge in [-0.15, -0.1) is 0 Å². The normalized spacial score (nSPS) is 11.4. The molecule has 0 fully saturated rings. The molecule has 2 aromatic carbocycles. The Hall–Kier alpha value is -3.19. The number of benzene rings is 2. The lowest BCUT2D eigenvalue weighted by atomic mass is 10.1. The van der Waals surface area contributed by atoms with Crippen molar-refractivity contribution in [3.8, 4) is 0 Å². The molecule has 4 N–H and O–H groups in total. The van der Waals surface area contributed by atoms with Gasteiger partial charge in [0.25, 0.3) is 11.8 Å². The smallest absolute Gasteiger partial charge is 0.279 e. The molecule has 7 heteroatoms. The highest BCUT2D eigenvalue weighted by Crippen LogP contribution is 2.19. The summed E-state index contributed by atoms with van der Waals surface area (Å²) >= 11 is 0. The number of amides is 3. The largest absolute Gasteiger partial charge is 0.326 e. The average molecular weight is 397 g/mol. The molecule has 0 aliphatic rings. The second-order valence-corrected chi connectivity index (χ2v) is 7.08. The van der Waals surface area contributed by atoms with Crippen LogP contribution in [0.4, 0.5) is 17.1 Å². The number of anilines is 3. The van der Waals surface area contributed by atoms with Crippen LogP contribution in [0.2, 0.25) is 0 Å². The topological polar surface area (TPSA) is 91.7 Å². The van der Waals surface area contributed by atoms with Gasteiger partial charge in [0.05, 0.1) is 6.54 Å². The number of hydrogen-bond donors (Lipinski definition) is 4. The lowest BCUT2D eigenvalue weighted by Crippen LogP contribution is -3.13. The SMILES string of the molecule is CC[NH+](CC(=O)Nc1ccc(NC(C)=O)cc1)CC(=O)Nc1c(C)cccc1C. The van der Waals surface area contributed by atoms with E-state index >= 15 is 0 Å². The molecule has 154 valence electrons. The molecule has 1 unspecified atom stereocenters. The van der Waals surface area contributed by atoms with E-state index in [1.54, 1.807) is 24.3 Å². The van der Waals surface area contributed by atoms with Crippen LogP contribution < -0.4 is 20.9 Å². The van der Waals surface area contributed by atoms with E-state index in [-0.39, 0.29) is 30.8 Å². The number of carbonyl (C=O) groups is 3. The number of likely N-dealkylation sites (N-methyl/N-ethyl adjacent to an activating group) is 1. The molecule has 0 aliphatic carbocycles. The predicted molar refractivity (Wildman–Crippen MR) is 115 cm³/mol. The molecular formula is C22H29N4O3+. The van der Waals surface area contributed by atoms with Crippen molar-refractivity contribution < 1.29 is 19.3 Å². The van der Waals surface area contributed by atoms with Gasteiger partial charge in [0.15, 0.2) is 13.1 Å². The molecule has 29 heavy (non-hydrogen) atoms. The summed E-state index contributed by atoms with van der Waals surface area (Å²) in [5.41, 5.74) is 4.16. The molecule has 0 heterocycles. The van der Waals surface area contributed by atoms with Gasteiger partial charge in [-0.05, 0) is 56.2 Å². The van der Waals surface area contributed by atoms with Crippen molar-refractivity contribution in [2.24, 2.45) is 0 Å². The first-order chi connectivity index (χ1) is 13.8. The molecule has 0 aliphatic heterocycles. The van der Waals surface area contributed by atoms with Gasteiger partial charge in [-0.25, -0.2) is 0 Å². The van der Waals surface area contributed by atoms with Crippen molar-refractivity contribution in [2.45, 2.75) is 27.7 Å². The highest BCUT2D eigenvalue weighted by molar-refractivity contribution is 5.94. The minimum absolute atomic E-state index is 0.119. The molecule has 0 radical (unpaired) electrons. The van der Waals surface area contributed by atoms with Crippen molar-refractivity contribution in [1.29, 1.82) is 0 Å². The first-order valence-corrected chi connectivity index (χ1v) is 9.65. The van der Waals surface area contributed by atoms with E-state index in [4.69, 9.17) is 0 Å². The third-order valence-corrected chi connectivity index (χ3v) is 4.56. The van der Waals surface area contributed by atoms with Gasteiger partial charge in [0.2, 0.25) is 5.91 Å². The molecule has 0 saturated heterocycles. The van der Waals surface area contributed by atoms with Crippen LogP contribution in [0.25, 0.3) is 0 Å². The van der Waals surface area contributed by atoms with Crippen LogP contribution >= 0.6 is 0 Å². The summed E-state index contributed by atoms with van der Waals surface area (Å²) in [6, 6.07) is 12.8. The van der Waals surface area contributed by atoms with Crippen molar-refractivity contribution in [1.82, 2.24) is 0 Å². The Morgan fingerprint density at radius 2 is 1.28 bits per heavy atom. The van der Waals surface area contributed by atoms with E-state index in [9.17, 15) is 14.4 Å². The molecule has 0 spiro atoms. The average Bonchev–Trinajstić information content (AvgIpc) is 2.65.